The van der Waals surface area contributed by atoms with Crippen molar-refractivity contribution in [2.75, 3.05) is 11.5 Å². The SMILES string of the molecule is CCOc1ccc(N2C(=O)C(O)=C(C(=O)CCc3ccccc3)C2c2ccccc2C)cc1. The predicted octanol–water partition coefficient (Wildman–Crippen LogP) is 5.50. The van der Waals surface area contributed by atoms with Crippen LogP contribution in [0.15, 0.2) is 90.2 Å². The maximum atomic E-state index is 13.4. The summed E-state index contributed by atoms with van der Waals surface area (Å²) in [7, 11) is 0. The van der Waals surface area contributed by atoms with E-state index in [4.69, 9.17) is 4.74 Å². The summed E-state index contributed by atoms with van der Waals surface area (Å²) >= 11 is 0. The third-order valence-corrected chi connectivity index (χ3v) is 5.90. The Hall–Kier alpha value is -3.86. The molecule has 5 heteroatoms. The van der Waals surface area contributed by atoms with Gasteiger partial charge < -0.3 is 9.84 Å². The molecule has 0 aliphatic carbocycles. The van der Waals surface area contributed by atoms with E-state index in [-0.39, 0.29) is 17.8 Å². The summed E-state index contributed by atoms with van der Waals surface area (Å²) in [6.07, 6.45) is 0.740. The first-order valence-electron chi connectivity index (χ1n) is 11.1. The average molecular weight is 442 g/mol. The summed E-state index contributed by atoms with van der Waals surface area (Å²) in [6.45, 7) is 4.38. The number of aliphatic hydroxyl groups excluding tert-OH is 1. The summed E-state index contributed by atoms with van der Waals surface area (Å²) in [5.74, 6) is -0.589. The van der Waals surface area contributed by atoms with Crippen molar-refractivity contribution in [1.29, 1.82) is 0 Å². The van der Waals surface area contributed by atoms with Crippen LogP contribution < -0.4 is 9.64 Å². The van der Waals surface area contributed by atoms with Crippen LogP contribution in [-0.4, -0.2) is 23.4 Å². The molecule has 0 fully saturated rings. The van der Waals surface area contributed by atoms with Gasteiger partial charge in [0.2, 0.25) is 0 Å². The van der Waals surface area contributed by atoms with Crippen LogP contribution in [-0.2, 0) is 16.0 Å². The van der Waals surface area contributed by atoms with Gasteiger partial charge in [-0.25, -0.2) is 0 Å². The maximum Gasteiger partial charge on any atom is 0.294 e. The number of rotatable bonds is 8. The molecular weight excluding hydrogens is 414 g/mol. The summed E-state index contributed by atoms with van der Waals surface area (Å²) in [6, 6.07) is 23.8. The van der Waals surface area contributed by atoms with Gasteiger partial charge in [0.15, 0.2) is 11.5 Å². The third kappa shape index (κ3) is 4.53. The van der Waals surface area contributed by atoms with E-state index in [0.29, 0.717) is 24.5 Å². The first-order chi connectivity index (χ1) is 16.0. The van der Waals surface area contributed by atoms with Crippen LogP contribution in [0.1, 0.15) is 36.1 Å². The Balaban J connectivity index is 1.72. The minimum atomic E-state index is -0.695. The number of anilines is 1. The minimum Gasteiger partial charge on any atom is -0.503 e. The van der Waals surface area contributed by atoms with Gasteiger partial charge in [0, 0.05) is 12.1 Å². The lowest BCUT2D eigenvalue weighted by Crippen LogP contribution is -2.31. The molecule has 1 aliphatic heterocycles. The summed E-state index contributed by atoms with van der Waals surface area (Å²) in [5.41, 5.74) is 3.53. The number of ketones is 1. The van der Waals surface area contributed by atoms with Gasteiger partial charge in [-0.2, -0.15) is 0 Å². The molecule has 0 aromatic heterocycles. The molecule has 5 nitrogen and oxygen atoms in total. The van der Waals surface area contributed by atoms with E-state index in [1.807, 2.05) is 68.4 Å². The summed E-state index contributed by atoms with van der Waals surface area (Å²) < 4.78 is 5.52. The van der Waals surface area contributed by atoms with Crippen LogP contribution in [0.4, 0.5) is 5.69 Å². The average Bonchev–Trinajstić information content (AvgIpc) is 3.09. The Bertz CT molecular complexity index is 1180. The maximum absolute atomic E-state index is 13.4. The van der Waals surface area contributed by atoms with Crippen molar-refractivity contribution in [3.05, 3.63) is 107 Å². The highest BCUT2D eigenvalue weighted by Gasteiger charge is 2.44. The van der Waals surface area contributed by atoms with E-state index in [2.05, 4.69) is 0 Å². The van der Waals surface area contributed by atoms with E-state index in [1.54, 1.807) is 24.3 Å². The van der Waals surface area contributed by atoms with E-state index < -0.39 is 17.7 Å². The molecule has 4 rings (SSSR count). The number of carbonyl (C=O) groups excluding carboxylic acids is 2. The number of nitrogens with zero attached hydrogens (tertiary/aromatic N) is 1. The number of carbonyl (C=O) groups is 2. The molecule has 0 saturated heterocycles. The van der Waals surface area contributed by atoms with Gasteiger partial charge in [0.25, 0.3) is 5.91 Å². The lowest BCUT2D eigenvalue weighted by atomic mass is 9.90. The van der Waals surface area contributed by atoms with Crippen LogP contribution in [0.3, 0.4) is 0 Å². The van der Waals surface area contributed by atoms with Crippen molar-refractivity contribution >= 4 is 17.4 Å². The molecule has 0 bridgehead atoms. The lowest BCUT2D eigenvalue weighted by Gasteiger charge is -2.28. The molecule has 1 N–H and O–H groups in total. The Labute approximate surface area is 193 Å². The standard InChI is InChI=1S/C28H27NO4/c1-3-33-22-16-14-21(15-17-22)29-26(23-12-8-7-9-19(23)2)25(27(31)28(29)32)24(30)18-13-20-10-5-4-6-11-20/h4-12,14-17,26,31H,3,13,18H2,1-2H3. The van der Waals surface area contributed by atoms with Crippen molar-refractivity contribution in [3.63, 3.8) is 0 Å². The molecule has 3 aromatic carbocycles. The molecule has 168 valence electrons. The fourth-order valence-electron chi connectivity index (χ4n) is 4.25. The van der Waals surface area contributed by atoms with Crippen LogP contribution in [0.2, 0.25) is 0 Å². The highest BCUT2D eigenvalue weighted by atomic mass is 16.5. The van der Waals surface area contributed by atoms with Gasteiger partial charge in [-0.05, 0) is 61.2 Å². The second kappa shape index (κ2) is 9.74. The Morgan fingerprint density at radius 1 is 0.970 bits per heavy atom. The van der Waals surface area contributed by atoms with Gasteiger partial charge in [-0.1, -0.05) is 54.6 Å². The second-order valence-corrected chi connectivity index (χ2v) is 8.03. The first-order valence-corrected chi connectivity index (χ1v) is 11.1. The molecule has 1 unspecified atom stereocenters. The van der Waals surface area contributed by atoms with Crippen molar-refractivity contribution in [2.45, 2.75) is 32.7 Å². The zero-order valence-corrected chi connectivity index (χ0v) is 18.8. The molecule has 1 heterocycles. The number of aliphatic hydroxyl groups is 1. The predicted molar refractivity (Wildman–Crippen MR) is 128 cm³/mol. The van der Waals surface area contributed by atoms with Crippen molar-refractivity contribution in [2.24, 2.45) is 0 Å². The number of hydrogen-bond acceptors (Lipinski definition) is 4. The molecule has 3 aromatic rings. The largest absolute Gasteiger partial charge is 0.503 e. The Morgan fingerprint density at radius 2 is 1.64 bits per heavy atom. The highest BCUT2D eigenvalue weighted by molar-refractivity contribution is 6.16. The van der Waals surface area contributed by atoms with E-state index in [0.717, 1.165) is 16.7 Å². The van der Waals surface area contributed by atoms with Gasteiger partial charge in [-0.3, -0.25) is 14.5 Å². The number of hydrogen-bond donors (Lipinski definition) is 1. The van der Waals surface area contributed by atoms with Gasteiger partial charge in [-0.15, -0.1) is 0 Å². The van der Waals surface area contributed by atoms with E-state index in [9.17, 15) is 14.7 Å². The van der Waals surface area contributed by atoms with E-state index >= 15 is 0 Å². The normalized spacial score (nSPS) is 15.8. The highest BCUT2D eigenvalue weighted by Crippen LogP contribution is 2.42. The molecule has 1 amide bonds. The smallest absolute Gasteiger partial charge is 0.294 e. The lowest BCUT2D eigenvalue weighted by molar-refractivity contribution is -0.118. The molecule has 0 saturated carbocycles. The van der Waals surface area contributed by atoms with Crippen LogP contribution in [0, 0.1) is 6.92 Å². The number of aryl methyl sites for hydroxylation is 2. The van der Waals surface area contributed by atoms with Crippen LogP contribution in [0.5, 0.6) is 5.75 Å². The van der Waals surface area contributed by atoms with Crippen LogP contribution >= 0.6 is 0 Å². The first kappa shape index (κ1) is 22.3. The Morgan fingerprint density at radius 3 is 2.30 bits per heavy atom. The molecule has 1 atom stereocenters. The molecular formula is C28H27NO4. The van der Waals surface area contributed by atoms with E-state index in [1.165, 1.54) is 4.90 Å². The molecule has 0 spiro atoms. The van der Waals surface area contributed by atoms with Gasteiger partial charge in [0.1, 0.15) is 5.75 Å². The number of ether oxygens (including phenoxy) is 1. The molecule has 1 aliphatic rings. The van der Waals surface area contributed by atoms with Crippen molar-refractivity contribution in [3.8, 4) is 5.75 Å². The summed E-state index contributed by atoms with van der Waals surface area (Å²) in [4.78, 5) is 28.1. The topological polar surface area (TPSA) is 66.8 Å². The third-order valence-electron chi connectivity index (χ3n) is 5.90. The van der Waals surface area contributed by atoms with Gasteiger partial charge in [0.05, 0.1) is 18.2 Å². The zero-order chi connectivity index (χ0) is 23.4. The van der Waals surface area contributed by atoms with Crippen molar-refractivity contribution < 1.29 is 19.4 Å². The number of benzene rings is 3. The zero-order valence-electron chi connectivity index (χ0n) is 18.8. The molecule has 33 heavy (non-hydrogen) atoms. The quantitative estimate of drug-likeness (QED) is 0.502. The monoisotopic (exact) mass is 441 g/mol. The minimum absolute atomic E-state index is 0.152. The fraction of sp³-hybridized carbons (Fsp3) is 0.214. The number of Topliss-reactive ketones (excluding diaryl/α,β-unsaturated/α-hetero) is 1. The van der Waals surface area contributed by atoms with Crippen LogP contribution in [0.25, 0.3) is 0 Å². The fourth-order valence-corrected chi connectivity index (χ4v) is 4.25. The Kier molecular flexibility index (Phi) is 6.59. The van der Waals surface area contributed by atoms with Crippen molar-refractivity contribution in [1.82, 2.24) is 0 Å². The molecule has 0 radical (unpaired) electrons. The summed E-state index contributed by atoms with van der Waals surface area (Å²) in [5, 5.41) is 10.9. The van der Waals surface area contributed by atoms with Gasteiger partial charge >= 0.3 is 0 Å². The second-order valence-electron chi connectivity index (χ2n) is 8.03. The number of amides is 1.